The zero-order valence-electron chi connectivity index (χ0n) is 14.3. The predicted octanol–water partition coefficient (Wildman–Crippen LogP) is 3.63. The molecule has 0 aromatic heterocycles. The third-order valence-corrected chi connectivity index (χ3v) is 4.06. The van der Waals surface area contributed by atoms with E-state index in [9.17, 15) is 5.11 Å². The molecule has 1 aromatic carbocycles. The number of benzene rings is 1. The van der Waals surface area contributed by atoms with Gasteiger partial charge in [-0.1, -0.05) is 23.2 Å². The lowest BCUT2D eigenvalue weighted by Crippen LogP contribution is -2.39. The Balaban J connectivity index is 0.00000312. The van der Waals surface area contributed by atoms with Crippen molar-refractivity contribution >= 4 is 53.1 Å². The molecule has 1 aliphatic carbocycles. The first-order valence-corrected chi connectivity index (χ1v) is 9.08. The summed E-state index contributed by atoms with van der Waals surface area (Å²) in [6.45, 7) is 5.13. The number of ether oxygens (including phenoxy) is 1. The second-order valence-corrected chi connectivity index (χ2v) is 6.76. The van der Waals surface area contributed by atoms with Crippen molar-refractivity contribution in [2.75, 3.05) is 32.8 Å². The fourth-order valence-corrected chi connectivity index (χ4v) is 2.71. The second-order valence-electron chi connectivity index (χ2n) is 5.88. The van der Waals surface area contributed by atoms with E-state index >= 15 is 0 Å². The number of guanidine groups is 1. The first kappa shape index (κ1) is 22.8. The van der Waals surface area contributed by atoms with Gasteiger partial charge in [-0.15, -0.1) is 24.0 Å². The Bertz CT molecular complexity index is 536. The summed E-state index contributed by atoms with van der Waals surface area (Å²) in [5.74, 6) is 1.42. The SMILES string of the molecule is CCNC(=NCC(O)c1cc(Cl)cc(Cl)c1)NCCOCC1CC1.I. The average molecular weight is 502 g/mol. The van der Waals surface area contributed by atoms with Gasteiger partial charge in [0.15, 0.2) is 5.96 Å². The number of aliphatic imine (C=N–C) groups is 1. The van der Waals surface area contributed by atoms with Gasteiger partial charge in [-0.25, -0.2) is 0 Å². The van der Waals surface area contributed by atoms with Gasteiger partial charge in [0, 0.05) is 29.7 Å². The van der Waals surface area contributed by atoms with Crippen LogP contribution in [0.2, 0.25) is 10.0 Å². The van der Waals surface area contributed by atoms with E-state index in [1.54, 1.807) is 18.2 Å². The Hall–Kier alpha value is -0.280. The van der Waals surface area contributed by atoms with E-state index in [2.05, 4.69) is 15.6 Å². The van der Waals surface area contributed by atoms with E-state index in [0.717, 1.165) is 19.1 Å². The van der Waals surface area contributed by atoms with Gasteiger partial charge in [0.25, 0.3) is 0 Å². The highest BCUT2D eigenvalue weighted by Gasteiger charge is 2.20. The first-order valence-electron chi connectivity index (χ1n) is 8.32. The Kier molecular flexibility index (Phi) is 11.1. The normalized spacial score (nSPS) is 15.4. The van der Waals surface area contributed by atoms with Gasteiger partial charge in [-0.3, -0.25) is 4.99 Å². The van der Waals surface area contributed by atoms with Crippen molar-refractivity contribution in [3.8, 4) is 0 Å². The molecule has 1 saturated carbocycles. The zero-order chi connectivity index (χ0) is 17.4. The molecule has 0 amide bonds. The molecule has 1 unspecified atom stereocenters. The molecule has 5 nitrogen and oxygen atoms in total. The minimum absolute atomic E-state index is 0. The summed E-state index contributed by atoms with van der Waals surface area (Å²) < 4.78 is 5.58. The summed E-state index contributed by atoms with van der Waals surface area (Å²) in [7, 11) is 0. The number of hydrogen-bond donors (Lipinski definition) is 3. The van der Waals surface area contributed by atoms with E-state index in [4.69, 9.17) is 27.9 Å². The van der Waals surface area contributed by atoms with Gasteiger partial charge < -0.3 is 20.5 Å². The van der Waals surface area contributed by atoms with Crippen molar-refractivity contribution in [3.05, 3.63) is 33.8 Å². The lowest BCUT2D eigenvalue weighted by molar-refractivity contribution is 0.129. The van der Waals surface area contributed by atoms with Crippen molar-refractivity contribution in [2.45, 2.75) is 25.9 Å². The van der Waals surface area contributed by atoms with Gasteiger partial charge in [-0.05, 0) is 49.4 Å². The van der Waals surface area contributed by atoms with E-state index in [1.807, 2.05) is 6.92 Å². The molecule has 0 heterocycles. The van der Waals surface area contributed by atoms with Crippen LogP contribution in [0.4, 0.5) is 0 Å². The van der Waals surface area contributed by atoms with E-state index < -0.39 is 6.10 Å². The Morgan fingerprint density at radius 2 is 1.96 bits per heavy atom. The van der Waals surface area contributed by atoms with Gasteiger partial charge in [-0.2, -0.15) is 0 Å². The average Bonchev–Trinajstić information content (AvgIpc) is 3.35. The van der Waals surface area contributed by atoms with Crippen molar-refractivity contribution in [3.63, 3.8) is 0 Å². The summed E-state index contributed by atoms with van der Waals surface area (Å²) in [4.78, 5) is 4.40. The lowest BCUT2D eigenvalue weighted by Gasteiger charge is -2.14. The van der Waals surface area contributed by atoms with Crippen LogP contribution in [-0.4, -0.2) is 43.9 Å². The summed E-state index contributed by atoms with van der Waals surface area (Å²) in [6, 6.07) is 5.02. The van der Waals surface area contributed by atoms with Crippen LogP contribution in [0.25, 0.3) is 0 Å². The number of rotatable bonds is 9. The van der Waals surface area contributed by atoms with Crippen LogP contribution >= 0.6 is 47.2 Å². The zero-order valence-corrected chi connectivity index (χ0v) is 18.1. The van der Waals surface area contributed by atoms with Crippen LogP contribution in [0.1, 0.15) is 31.4 Å². The fourth-order valence-electron chi connectivity index (χ4n) is 2.17. The van der Waals surface area contributed by atoms with Crippen LogP contribution in [0.3, 0.4) is 0 Å². The molecule has 3 N–H and O–H groups in total. The molecular weight excluding hydrogens is 476 g/mol. The molecule has 2 rings (SSSR count). The van der Waals surface area contributed by atoms with Crippen molar-refractivity contribution in [1.82, 2.24) is 10.6 Å². The quantitative estimate of drug-likeness (QED) is 0.209. The largest absolute Gasteiger partial charge is 0.386 e. The minimum atomic E-state index is -0.761. The van der Waals surface area contributed by atoms with Crippen LogP contribution in [0.5, 0.6) is 0 Å². The van der Waals surface area contributed by atoms with Crippen LogP contribution in [0.15, 0.2) is 23.2 Å². The van der Waals surface area contributed by atoms with Gasteiger partial charge in [0.1, 0.15) is 0 Å². The van der Waals surface area contributed by atoms with Gasteiger partial charge >= 0.3 is 0 Å². The maximum absolute atomic E-state index is 10.3. The molecule has 0 saturated heterocycles. The number of halogens is 3. The molecule has 0 radical (unpaired) electrons. The highest BCUT2D eigenvalue weighted by atomic mass is 127. The predicted molar refractivity (Wildman–Crippen MR) is 114 cm³/mol. The molecule has 8 heteroatoms. The molecule has 1 aromatic rings. The first-order chi connectivity index (χ1) is 11.6. The topological polar surface area (TPSA) is 65.9 Å². The summed E-state index contributed by atoms with van der Waals surface area (Å²) in [5.41, 5.74) is 0.653. The van der Waals surface area contributed by atoms with E-state index in [-0.39, 0.29) is 30.5 Å². The summed E-state index contributed by atoms with van der Waals surface area (Å²) in [6.07, 6.45) is 1.83. The van der Waals surface area contributed by atoms with Crippen LogP contribution in [0, 0.1) is 5.92 Å². The summed E-state index contributed by atoms with van der Waals surface area (Å²) >= 11 is 11.9. The molecule has 1 fully saturated rings. The number of aliphatic hydroxyl groups excluding tert-OH is 1. The van der Waals surface area contributed by atoms with E-state index in [0.29, 0.717) is 34.7 Å². The highest BCUT2D eigenvalue weighted by Crippen LogP contribution is 2.28. The summed E-state index contributed by atoms with van der Waals surface area (Å²) in [5, 5.41) is 17.6. The Labute approximate surface area is 176 Å². The smallest absolute Gasteiger partial charge is 0.191 e. The standard InChI is InChI=1S/C17H25Cl2N3O2.HI/c1-2-20-17(21-5-6-24-11-12-3-4-12)22-10-16(23)13-7-14(18)9-15(19)8-13;/h7-9,12,16,23H,2-6,10-11H2,1H3,(H2,20,21,22);1H. The van der Waals surface area contributed by atoms with Crippen molar-refractivity contribution < 1.29 is 9.84 Å². The number of hydrogen-bond acceptors (Lipinski definition) is 3. The maximum Gasteiger partial charge on any atom is 0.191 e. The van der Waals surface area contributed by atoms with Crippen molar-refractivity contribution in [2.24, 2.45) is 10.9 Å². The van der Waals surface area contributed by atoms with Crippen LogP contribution in [-0.2, 0) is 4.74 Å². The fraction of sp³-hybridized carbons (Fsp3) is 0.588. The molecule has 0 spiro atoms. The highest BCUT2D eigenvalue weighted by molar-refractivity contribution is 14.0. The lowest BCUT2D eigenvalue weighted by atomic mass is 10.1. The van der Waals surface area contributed by atoms with E-state index in [1.165, 1.54) is 12.8 Å². The second kappa shape index (κ2) is 12.2. The van der Waals surface area contributed by atoms with Crippen molar-refractivity contribution in [1.29, 1.82) is 0 Å². The minimum Gasteiger partial charge on any atom is -0.386 e. The molecule has 0 bridgehead atoms. The molecule has 0 aliphatic heterocycles. The van der Waals surface area contributed by atoms with Crippen LogP contribution < -0.4 is 10.6 Å². The number of nitrogens with zero attached hydrogens (tertiary/aromatic N) is 1. The Morgan fingerprint density at radius 1 is 1.28 bits per heavy atom. The molecule has 25 heavy (non-hydrogen) atoms. The monoisotopic (exact) mass is 501 g/mol. The third kappa shape index (κ3) is 9.28. The maximum atomic E-state index is 10.3. The molecule has 1 atom stereocenters. The third-order valence-electron chi connectivity index (χ3n) is 3.63. The number of aliphatic hydroxyl groups is 1. The number of nitrogens with one attached hydrogen (secondary N) is 2. The molecular formula is C17H26Cl2IN3O2. The molecule has 142 valence electrons. The molecule has 1 aliphatic rings. The Morgan fingerprint density at radius 3 is 2.56 bits per heavy atom. The van der Waals surface area contributed by atoms with Gasteiger partial charge in [0.2, 0.25) is 0 Å². The van der Waals surface area contributed by atoms with Gasteiger partial charge in [0.05, 0.1) is 19.3 Å².